The lowest BCUT2D eigenvalue weighted by Gasteiger charge is -2.34. The summed E-state index contributed by atoms with van der Waals surface area (Å²) in [6.45, 7) is 7.01. The topological polar surface area (TPSA) is 78.7 Å². The van der Waals surface area contributed by atoms with Crippen molar-refractivity contribution in [1.82, 2.24) is 15.2 Å². The van der Waals surface area contributed by atoms with Gasteiger partial charge < -0.3 is 14.6 Å². The molecule has 0 unspecified atom stereocenters. The number of thiazole rings is 1. The number of carbonyl (C=O) groups is 1. The van der Waals surface area contributed by atoms with E-state index in [0.717, 1.165) is 55.2 Å². The number of carbonyl (C=O) groups excluding carboxylic acids is 1. The second kappa shape index (κ2) is 9.33. The van der Waals surface area contributed by atoms with E-state index in [0.29, 0.717) is 12.1 Å². The Balaban J connectivity index is 1.13. The number of amides is 1. The van der Waals surface area contributed by atoms with Crippen molar-refractivity contribution < 1.29 is 9.21 Å². The van der Waals surface area contributed by atoms with E-state index in [4.69, 9.17) is 9.40 Å². The van der Waals surface area contributed by atoms with Crippen LogP contribution in [-0.4, -0.2) is 55.1 Å². The maximum Gasteiger partial charge on any atom is 0.349 e. The Hall–Kier alpha value is -3.23. The van der Waals surface area contributed by atoms with Gasteiger partial charge in [-0.25, -0.2) is 9.78 Å². The number of anilines is 1. The van der Waals surface area contributed by atoms with Crippen LogP contribution in [0.5, 0.6) is 0 Å². The molecule has 4 aromatic rings. The van der Waals surface area contributed by atoms with E-state index in [2.05, 4.69) is 40.2 Å². The minimum atomic E-state index is -0.610. The highest BCUT2D eigenvalue weighted by molar-refractivity contribution is 7.22. The van der Waals surface area contributed by atoms with Gasteiger partial charge >= 0.3 is 5.63 Å². The molecule has 1 amide bonds. The minimum absolute atomic E-state index is 0.0422. The fourth-order valence-electron chi connectivity index (χ4n) is 4.12. The third kappa shape index (κ3) is 4.62. The Labute approximate surface area is 195 Å². The lowest BCUT2D eigenvalue weighted by molar-refractivity contribution is 0.0944. The number of nitrogens with zero attached hydrogens (tertiary/aromatic N) is 3. The summed E-state index contributed by atoms with van der Waals surface area (Å²) in [6, 6.07) is 15.3. The summed E-state index contributed by atoms with van der Waals surface area (Å²) in [5.74, 6) is -0.394. The van der Waals surface area contributed by atoms with Crippen LogP contribution in [0.15, 0.2) is 57.7 Å². The van der Waals surface area contributed by atoms with Crippen LogP contribution in [0, 0.1) is 0 Å². The summed E-state index contributed by atoms with van der Waals surface area (Å²) in [5.41, 5.74) is 2.32. The van der Waals surface area contributed by atoms with Crippen molar-refractivity contribution in [2.45, 2.75) is 13.3 Å². The highest BCUT2D eigenvalue weighted by atomic mass is 32.1. The van der Waals surface area contributed by atoms with Crippen molar-refractivity contribution in [2.24, 2.45) is 0 Å². The number of aryl methyl sites for hydroxylation is 1. The molecule has 3 heterocycles. The number of para-hydroxylation sites is 1. The van der Waals surface area contributed by atoms with Crippen molar-refractivity contribution in [3.8, 4) is 0 Å². The molecule has 1 aliphatic rings. The van der Waals surface area contributed by atoms with Crippen LogP contribution < -0.4 is 15.8 Å². The van der Waals surface area contributed by atoms with E-state index in [1.165, 1.54) is 10.3 Å². The fraction of sp³-hybridized carbons (Fsp3) is 0.320. The predicted octanol–water partition coefficient (Wildman–Crippen LogP) is 3.52. The van der Waals surface area contributed by atoms with E-state index >= 15 is 0 Å². The number of rotatable bonds is 6. The van der Waals surface area contributed by atoms with Crippen LogP contribution in [-0.2, 0) is 6.42 Å². The van der Waals surface area contributed by atoms with Gasteiger partial charge in [0.25, 0.3) is 5.91 Å². The van der Waals surface area contributed by atoms with Gasteiger partial charge in [-0.3, -0.25) is 9.69 Å². The SMILES string of the molecule is CCc1ccc2nc(N3CCN(CCNC(=O)c4cc5ccccc5oc4=O)CC3)sc2c1. The first-order valence-electron chi connectivity index (χ1n) is 11.3. The molecule has 7 nitrogen and oxygen atoms in total. The molecule has 0 saturated carbocycles. The van der Waals surface area contributed by atoms with Crippen molar-refractivity contribution in [3.05, 3.63) is 70.1 Å². The molecule has 0 radical (unpaired) electrons. The molecule has 8 heteroatoms. The van der Waals surface area contributed by atoms with Crippen molar-refractivity contribution in [2.75, 3.05) is 44.2 Å². The van der Waals surface area contributed by atoms with Crippen LogP contribution in [0.25, 0.3) is 21.2 Å². The number of aromatic nitrogens is 1. The first-order valence-corrected chi connectivity index (χ1v) is 12.1. The van der Waals surface area contributed by atoms with Gasteiger partial charge in [0.15, 0.2) is 5.13 Å². The average molecular weight is 463 g/mol. The largest absolute Gasteiger partial charge is 0.422 e. The summed E-state index contributed by atoms with van der Waals surface area (Å²) in [5, 5.41) is 4.67. The molecule has 2 aromatic heterocycles. The predicted molar refractivity (Wildman–Crippen MR) is 132 cm³/mol. The number of hydrogen-bond acceptors (Lipinski definition) is 7. The Bertz CT molecular complexity index is 1350. The number of benzene rings is 2. The van der Waals surface area contributed by atoms with Crippen LogP contribution in [0.4, 0.5) is 5.13 Å². The van der Waals surface area contributed by atoms with Gasteiger partial charge in [-0.15, -0.1) is 0 Å². The van der Waals surface area contributed by atoms with Gasteiger partial charge in [-0.05, 0) is 36.2 Å². The highest BCUT2D eigenvalue weighted by Gasteiger charge is 2.20. The molecule has 170 valence electrons. The number of fused-ring (bicyclic) bond motifs is 2. The lowest BCUT2D eigenvalue weighted by Crippen LogP contribution is -2.48. The molecule has 1 saturated heterocycles. The van der Waals surface area contributed by atoms with Gasteiger partial charge in [0.2, 0.25) is 0 Å². The Morgan fingerprint density at radius 1 is 1.12 bits per heavy atom. The van der Waals surface area contributed by atoms with Crippen molar-refractivity contribution >= 4 is 43.6 Å². The van der Waals surface area contributed by atoms with Gasteiger partial charge in [0, 0.05) is 44.7 Å². The molecule has 0 bridgehead atoms. The summed E-state index contributed by atoms with van der Waals surface area (Å²) in [6.07, 6.45) is 1.03. The second-order valence-electron chi connectivity index (χ2n) is 8.22. The molecular formula is C25H26N4O3S. The molecule has 0 aliphatic carbocycles. The van der Waals surface area contributed by atoms with Gasteiger partial charge in [0.1, 0.15) is 11.1 Å². The van der Waals surface area contributed by atoms with E-state index in [1.54, 1.807) is 29.5 Å². The number of nitrogens with one attached hydrogen (secondary N) is 1. The first kappa shape index (κ1) is 21.6. The third-order valence-corrected chi connectivity index (χ3v) is 7.17. The Kier molecular flexibility index (Phi) is 6.11. The molecule has 1 N–H and O–H groups in total. The van der Waals surface area contributed by atoms with Crippen LogP contribution >= 0.6 is 11.3 Å². The third-order valence-electron chi connectivity index (χ3n) is 6.09. The summed E-state index contributed by atoms with van der Waals surface area (Å²) in [4.78, 5) is 34.2. The van der Waals surface area contributed by atoms with E-state index in [-0.39, 0.29) is 5.56 Å². The molecule has 0 atom stereocenters. The minimum Gasteiger partial charge on any atom is -0.422 e. The zero-order valence-electron chi connectivity index (χ0n) is 18.5. The van der Waals surface area contributed by atoms with Crippen LogP contribution in [0.3, 0.4) is 0 Å². The fourth-order valence-corrected chi connectivity index (χ4v) is 5.20. The normalized spacial score (nSPS) is 14.8. The second-order valence-corrected chi connectivity index (χ2v) is 9.23. The maximum absolute atomic E-state index is 12.5. The quantitative estimate of drug-likeness (QED) is 0.442. The van der Waals surface area contributed by atoms with Crippen molar-refractivity contribution in [1.29, 1.82) is 0 Å². The highest BCUT2D eigenvalue weighted by Crippen LogP contribution is 2.30. The monoisotopic (exact) mass is 462 g/mol. The average Bonchev–Trinajstić information content (AvgIpc) is 3.27. The molecule has 33 heavy (non-hydrogen) atoms. The summed E-state index contributed by atoms with van der Waals surface area (Å²) in [7, 11) is 0. The smallest absolute Gasteiger partial charge is 0.349 e. The molecule has 1 aliphatic heterocycles. The van der Waals surface area contributed by atoms with Crippen molar-refractivity contribution in [3.63, 3.8) is 0 Å². The van der Waals surface area contributed by atoms with E-state index < -0.39 is 11.5 Å². The Morgan fingerprint density at radius 2 is 1.94 bits per heavy atom. The summed E-state index contributed by atoms with van der Waals surface area (Å²) < 4.78 is 6.50. The summed E-state index contributed by atoms with van der Waals surface area (Å²) >= 11 is 1.76. The van der Waals surface area contributed by atoms with Crippen LogP contribution in [0.1, 0.15) is 22.8 Å². The molecular weight excluding hydrogens is 436 g/mol. The van der Waals surface area contributed by atoms with E-state index in [9.17, 15) is 9.59 Å². The molecule has 5 rings (SSSR count). The zero-order valence-corrected chi connectivity index (χ0v) is 19.4. The van der Waals surface area contributed by atoms with Gasteiger partial charge in [0.05, 0.1) is 10.2 Å². The van der Waals surface area contributed by atoms with Gasteiger partial charge in [-0.1, -0.05) is 42.5 Å². The standard InChI is InChI=1S/C25H26N4O3S/c1-2-17-7-8-20-22(15-17)33-25(27-20)29-13-11-28(12-14-29)10-9-26-23(30)19-16-18-5-3-4-6-21(18)32-24(19)31/h3-8,15-16H,2,9-14H2,1H3,(H,26,30). The molecule has 2 aromatic carbocycles. The first-order chi connectivity index (χ1) is 16.1. The van der Waals surface area contributed by atoms with E-state index in [1.807, 2.05) is 12.1 Å². The number of hydrogen-bond donors (Lipinski definition) is 1. The number of piperazine rings is 1. The zero-order chi connectivity index (χ0) is 22.8. The van der Waals surface area contributed by atoms with Crippen LogP contribution in [0.2, 0.25) is 0 Å². The maximum atomic E-state index is 12.5. The lowest BCUT2D eigenvalue weighted by atomic mass is 10.2. The molecule has 1 fully saturated rings. The Morgan fingerprint density at radius 3 is 2.76 bits per heavy atom. The van der Waals surface area contributed by atoms with Gasteiger partial charge in [-0.2, -0.15) is 0 Å². The molecule has 0 spiro atoms.